The number of aliphatic hydroxyl groups excluding tert-OH is 1. The summed E-state index contributed by atoms with van der Waals surface area (Å²) in [4.78, 5) is 12.0. The van der Waals surface area contributed by atoms with Crippen LogP contribution in [0.4, 0.5) is 0 Å². The zero-order valence-corrected chi connectivity index (χ0v) is 11.6. The third-order valence-electron chi connectivity index (χ3n) is 3.54. The van der Waals surface area contributed by atoms with Crippen LogP contribution in [0.15, 0.2) is 30.3 Å². The highest BCUT2D eigenvalue weighted by molar-refractivity contribution is 5.85. The lowest BCUT2D eigenvalue weighted by Crippen LogP contribution is -2.44. The number of hydrogen-bond acceptors (Lipinski definition) is 3. The van der Waals surface area contributed by atoms with Gasteiger partial charge in [-0.2, -0.15) is 0 Å². The first kappa shape index (κ1) is 16.0. The lowest BCUT2D eigenvalue weighted by Gasteiger charge is -2.30. The van der Waals surface area contributed by atoms with Crippen LogP contribution in [-0.2, 0) is 11.3 Å². The molecule has 0 unspecified atom stereocenters. The van der Waals surface area contributed by atoms with Gasteiger partial charge in [0.25, 0.3) is 0 Å². The van der Waals surface area contributed by atoms with E-state index in [1.807, 2.05) is 30.3 Å². The Bertz CT molecular complexity index is 400. The van der Waals surface area contributed by atoms with E-state index in [2.05, 4.69) is 5.32 Å². The van der Waals surface area contributed by atoms with Crippen molar-refractivity contribution < 1.29 is 9.90 Å². The number of benzene rings is 1. The third kappa shape index (κ3) is 4.49. The molecule has 4 N–H and O–H groups in total. The van der Waals surface area contributed by atoms with Gasteiger partial charge in [0.1, 0.15) is 0 Å². The van der Waals surface area contributed by atoms with Crippen LogP contribution in [0.2, 0.25) is 0 Å². The molecule has 1 aromatic carbocycles. The van der Waals surface area contributed by atoms with Gasteiger partial charge in [0.15, 0.2) is 0 Å². The van der Waals surface area contributed by atoms with Gasteiger partial charge in [0, 0.05) is 18.5 Å². The zero-order chi connectivity index (χ0) is 13.0. The standard InChI is InChI=1S/C14H20N2O2.ClH/c15-12-8-11(6-7-13(12)17)14(18)16-9-10-4-2-1-3-5-10;/h1-5,11-13,17H,6-9,15H2,(H,16,18);1H/t11-,12+,13+;/m0./s1. The van der Waals surface area contributed by atoms with Gasteiger partial charge in [-0.3, -0.25) is 4.79 Å². The van der Waals surface area contributed by atoms with Gasteiger partial charge < -0.3 is 16.2 Å². The van der Waals surface area contributed by atoms with Gasteiger partial charge in [-0.05, 0) is 24.8 Å². The van der Waals surface area contributed by atoms with E-state index < -0.39 is 6.10 Å². The zero-order valence-electron chi connectivity index (χ0n) is 10.8. The number of aliphatic hydroxyl groups is 1. The van der Waals surface area contributed by atoms with Crippen LogP contribution in [0.25, 0.3) is 0 Å². The first-order valence-corrected chi connectivity index (χ1v) is 6.42. The Labute approximate surface area is 119 Å². The van der Waals surface area contributed by atoms with Gasteiger partial charge in [0.2, 0.25) is 5.91 Å². The van der Waals surface area contributed by atoms with E-state index in [1.165, 1.54) is 0 Å². The topological polar surface area (TPSA) is 75.4 Å². The van der Waals surface area contributed by atoms with Gasteiger partial charge in [-0.15, -0.1) is 12.4 Å². The molecule has 0 heterocycles. The number of halogens is 1. The maximum atomic E-state index is 12.0. The maximum absolute atomic E-state index is 12.0. The highest BCUT2D eigenvalue weighted by Crippen LogP contribution is 2.23. The minimum Gasteiger partial charge on any atom is -0.392 e. The molecule has 1 saturated carbocycles. The molecule has 0 aliphatic heterocycles. The lowest BCUT2D eigenvalue weighted by molar-refractivity contribution is -0.127. The molecule has 0 bridgehead atoms. The van der Waals surface area contributed by atoms with Crippen molar-refractivity contribution in [2.75, 3.05) is 0 Å². The summed E-state index contributed by atoms with van der Waals surface area (Å²) < 4.78 is 0. The van der Waals surface area contributed by atoms with Crippen molar-refractivity contribution in [1.29, 1.82) is 0 Å². The van der Waals surface area contributed by atoms with Crippen LogP contribution in [0.3, 0.4) is 0 Å². The van der Waals surface area contributed by atoms with Crippen LogP contribution in [0.5, 0.6) is 0 Å². The molecule has 4 nitrogen and oxygen atoms in total. The number of carbonyl (C=O) groups excluding carboxylic acids is 1. The summed E-state index contributed by atoms with van der Waals surface area (Å²) in [7, 11) is 0. The fourth-order valence-corrected chi connectivity index (χ4v) is 2.36. The molecule has 19 heavy (non-hydrogen) atoms. The van der Waals surface area contributed by atoms with Crippen molar-refractivity contribution in [2.24, 2.45) is 11.7 Å². The number of carbonyl (C=O) groups is 1. The molecule has 1 fully saturated rings. The number of nitrogens with one attached hydrogen (secondary N) is 1. The average molecular weight is 285 g/mol. The van der Waals surface area contributed by atoms with Gasteiger partial charge in [-0.1, -0.05) is 30.3 Å². The summed E-state index contributed by atoms with van der Waals surface area (Å²) >= 11 is 0. The van der Waals surface area contributed by atoms with Gasteiger partial charge >= 0.3 is 0 Å². The van der Waals surface area contributed by atoms with Gasteiger partial charge in [0.05, 0.1) is 6.10 Å². The van der Waals surface area contributed by atoms with E-state index in [0.29, 0.717) is 19.4 Å². The second-order valence-electron chi connectivity index (χ2n) is 4.94. The molecule has 0 saturated heterocycles. The summed E-state index contributed by atoms with van der Waals surface area (Å²) in [5.74, 6) is -0.0201. The van der Waals surface area contributed by atoms with Crippen molar-refractivity contribution in [3.63, 3.8) is 0 Å². The van der Waals surface area contributed by atoms with Crippen molar-refractivity contribution in [3.8, 4) is 0 Å². The molecular weight excluding hydrogens is 264 g/mol. The van der Waals surface area contributed by atoms with Crippen LogP contribution < -0.4 is 11.1 Å². The van der Waals surface area contributed by atoms with E-state index >= 15 is 0 Å². The highest BCUT2D eigenvalue weighted by Gasteiger charge is 2.30. The van der Waals surface area contributed by atoms with E-state index in [9.17, 15) is 9.90 Å². The van der Waals surface area contributed by atoms with Crippen LogP contribution in [0.1, 0.15) is 24.8 Å². The van der Waals surface area contributed by atoms with E-state index in [4.69, 9.17) is 5.73 Å². The largest absolute Gasteiger partial charge is 0.392 e. The molecule has 106 valence electrons. The minimum absolute atomic E-state index is 0. The second-order valence-corrected chi connectivity index (χ2v) is 4.94. The monoisotopic (exact) mass is 284 g/mol. The molecule has 1 aromatic rings. The van der Waals surface area contributed by atoms with Crippen molar-refractivity contribution >= 4 is 18.3 Å². The molecule has 5 heteroatoms. The summed E-state index contributed by atoms with van der Waals surface area (Å²) in [5.41, 5.74) is 6.87. The molecule has 1 aliphatic rings. The molecule has 1 amide bonds. The Kier molecular flexibility index (Phi) is 6.28. The molecule has 2 rings (SSSR count). The van der Waals surface area contributed by atoms with E-state index in [1.54, 1.807) is 0 Å². The van der Waals surface area contributed by atoms with E-state index in [0.717, 1.165) is 12.0 Å². The quantitative estimate of drug-likeness (QED) is 0.781. The Balaban J connectivity index is 0.00000180. The molecule has 0 radical (unpaired) electrons. The van der Waals surface area contributed by atoms with Crippen LogP contribution in [-0.4, -0.2) is 23.2 Å². The number of hydrogen-bond donors (Lipinski definition) is 3. The molecule has 1 aliphatic carbocycles. The molecule has 3 atom stereocenters. The Morgan fingerprint density at radius 3 is 2.63 bits per heavy atom. The van der Waals surface area contributed by atoms with E-state index in [-0.39, 0.29) is 30.3 Å². The number of amides is 1. The molecule has 0 spiro atoms. The predicted molar refractivity (Wildman–Crippen MR) is 76.9 cm³/mol. The van der Waals surface area contributed by atoms with Crippen molar-refractivity contribution in [3.05, 3.63) is 35.9 Å². The molecule has 0 aromatic heterocycles. The second kappa shape index (κ2) is 7.48. The average Bonchev–Trinajstić information content (AvgIpc) is 2.40. The first-order valence-electron chi connectivity index (χ1n) is 6.42. The highest BCUT2D eigenvalue weighted by atomic mass is 35.5. The van der Waals surface area contributed by atoms with Crippen LogP contribution >= 0.6 is 12.4 Å². The minimum atomic E-state index is -0.455. The van der Waals surface area contributed by atoms with Crippen LogP contribution in [0, 0.1) is 5.92 Å². The SMILES string of the molecule is Cl.N[C@@H]1C[C@@H](C(=O)NCc2ccccc2)CC[C@H]1O. The fraction of sp³-hybridized carbons (Fsp3) is 0.500. The number of rotatable bonds is 3. The first-order chi connectivity index (χ1) is 8.66. The van der Waals surface area contributed by atoms with Crippen molar-refractivity contribution in [2.45, 2.75) is 38.0 Å². The Morgan fingerprint density at radius 2 is 2.00 bits per heavy atom. The Hall–Kier alpha value is -1.10. The third-order valence-corrected chi connectivity index (χ3v) is 3.54. The predicted octanol–water partition coefficient (Wildman–Crippen LogP) is 1.21. The van der Waals surface area contributed by atoms with Crippen molar-refractivity contribution in [1.82, 2.24) is 5.32 Å². The summed E-state index contributed by atoms with van der Waals surface area (Å²) in [6.07, 6.45) is 1.45. The summed E-state index contributed by atoms with van der Waals surface area (Å²) in [6, 6.07) is 9.55. The maximum Gasteiger partial charge on any atom is 0.223 e. The fourth-order valence-electron chi connectivity index (χ4n) is 2.36. The summed E-state index contributed by atoms with van der Waals surface area (Å²) in [6.45, 7) is 0.550. The smallest absolute Gasteiger partial charge is 0.223 e. The lowest BCUT2D eigenvalue weighted by atomic mass is 9.83. The summed E-state index contributed by atoms with van der Waals surface area (Å²) in [5, 5.41) is 12.5. The van der Waals surface area contributed by atoms with Gasteiger partial charge in [-0.25, -0.2) is 0 Å². The normalized spacial score (nSPS) is 26.3. The number of nitrogens with two attached hydrogens (primary N) is 1. The molecular formula is C14H21ClN2O2. The Morgan fingerprint density at radius 1 is 1.32 bits per heavy atom.